The molecule has 3 aromatic rings. The van der Waals surface area contributed by atoms with Crippen molar-refractivity contribution >= 4 is 12.4 Å². The highest BCUT2D eigenvalue weighted by Crippen LogP contribution is 2.41. The van der Waals surface area contributed by atoms with E-state index < -0.39 is 0 Å². The molecule has 7 heteroatoms. The summed E-state index contributed by atoms with van der Waals surface area (Å²) in [6, 6.07) is 12.3. The predicted molar refractivity (Wildman–Crippen MR) is 150 cm³/mol. The van der Waals surface area contributed by atoms with Gasteiger partial charge >= 0.3 is 0 Å². The molecule has 0 saturated carbocycles. The number of hydrogen-bond acceptors (Lipinski definition) is 6. The van der Waals surface area contributed by atoms with Crippen molar-refractivity contribution in [1.82, 2.24) is 9.88 Å². The number of aromatic hydroxyl groups is 1. The quantitative estimate of drug-likeness (QED) is 0.376. The minimum atomic E-state index is -0.207. The lowest BCUT2D eigenvalue weighted by Gasteiger charge is -2.27. The maximum Gasteiger partial charge on any atom is 0.226 e. The molecule has 1 saturated heterocycles. The zero-order valence-electron chi connectivity index (χ0n) is 23.0. The third-order valence-electron chi connectivity index (χ3n) is 6.58. The Morgan fingerprint density at radius 1 is 0.946 bits per heavy atom. The second-order valence-electron chi connectivity index (χ2n) is 11.7. The summed E-state index contributed by atoms with van der Waals surface area (Å²) in [5.74, 6) is 1.77. The smallest absolute Gasteiger partial charge is 0.226 e. The number of aromatic nitrogens is 1. The van der Waals surface area contributed by atoms with Crippen LogP contribution in [-0.4, -0.2) is 47.9 Å². The van der Waals surface area contributed by atoms with Gasteiger partial charge < -0.3 is 19.0 Å². The number of oxazole rings is 1. The standard InChI is InChI=1S/C30H40N2O4.ClH/c1-29(2,3)25-17-22(18-26(27(25)33)30(4,5)6)28-31-23(20-36-28)11-14-35-24-9-7-21(8-10-24)19-32-12-15-34-16-13-32;/h7-10,17-18,20,33H,11-16,19H2,1-6H3;1H. The van der Waals surface area contributed by atoms with Crippen LogP contribution < -0.4 is 4.74 Å². The van der Waals surface area contributed by atoms with E-state index in [1.54, 1.807) is 6.26 Å². The molecule has 0 amide bonds. The monoisotopic (exact) mass is 528 g/mol. The van der Waals surface area contributed by atoms with Crippen LogP contribution in [0.25, 0.3) is 11.5 Å². The molecule has 0 spiro atoms. The van der Waals surface area contributed by atoms with Crippen molar-refractivity contribution in [2.24, 2.45) is 0 Å². The first kappa shape index (κ1) is 29.0. The number of phenolic OH excluding ortho intramolecular Hbond substituents is 1. The van der Waals surface area contributed by atoms with Gasteiger partial charge in [-0.05, 0) is 40.7 Å². The Labute approximate surface area is 227 Å². The molecule has 0 radical (unpaired) electrons. The molecule has 2 heterocycles. The second-order valence-corrected chi connectivity index (χ2v) is 11.7. The van der Waals surface area contributed by atoms with Crippen LogP contribution in [0, 0.1) is 0 Å². The first-order chi connectivity index (χ1) is 17.0. The molecule has 1 aliphatic rings. The van der Waals surface area contributed by atoms with Gasteiger partial charge in [0.25, 0.3) is 0 Å². The molecule has 4 rings (SSSR count). The van der Waals surface area contributed by atoms with Crippen molar-refractivity contribution in [3.8, 4) is 23.0 Å². The number of hydrogen-bond donors (Lipinski definition) is 1. The Morgan fingerprint density at radius 2 is 1.54 bits per heavy atom. The topological polar surface area (TPSA) is 68.0 Å². The number of nitrogens with zero attached hydrogens (tertiary/aromatic N) is 2. The highest BCUT2D eigenvalue weighted by molar-refractivity contribution is 5.85. The fourth-order valence-corrected chi connectivity index (χ4v) is 4.44. The van der Waals surface area contributed by atoms with Gasteiger partial charge in [-0.3, -0.25) is 4.90 Å². The van der Waals surface area contributed by atoms with Crippen LogP contribution >= 0.6 is 12.4 Å². The highest BCUT2D eigenvalue weighted by atomic mass is 35.5. The lowest BCUT2D eigenvalue weighted by atomic mass is 9.78. The number of benzene rings is 2. The normalized spacial score (nSPS) is 14.9. The average molecular weight is 529 g/mol. The minimum absolute atomic E-state index is 0. The zero-order valence-corrected chi connectivity index (χ0v) is 23.8. The average Bonchev–Trinajstić information content (AvgIpc) is 3.28. The first-order valence-electron chi connectivity index (χ1n) is 12.9. The van der Waals surface area contributed by atoms with Crippen LogP contribution in [0.3, 0.4) is 0 Å². The molecule has 1 fully saturated rings. The summed E-state index contributed by atoms with van der Waals surface area (Å²) in [6.07, 6.45) is 2.35. The third kappa shape index (κ3) is 7.50. The van der Waals surface area contributed by atoms with Crippen molar-refractivity contribution in [3.05, 3.63) is 65.0 Å². The van der Waals surface area contributed by atoms with E-state index in [1.165, 1.54) is 5.56 Å². The van der Waals surface area contributed by atoms with Crippen LogP contribution in [0.2, 0.25) is 0 Å². The molecule has 2 aromatic carbocycles. The van der Waals surface area contributed by atoms with Crippen molar-refractivity contribution in [3.63, 3.8) is 0 Å². The number of halogens is 1. The van der Waals surface area contributed by atoms with Gasteiger partial charge in [0.2, 0.25) is 5.89 Å². The van der Waals surface area contributed by atoms with E-state index in [4.69, 9.17) is 18.9 Å². The van der Waals surface area contributed by atoms with Gasteiger partial charge in [-0.2, -0.15) is 0 Å². The largest absolute Gasteiger partial charge is 0.507 e. The van der Waals surface area contributed by atoms with Crippen molar-refractivity contribution < 1.29 is 19.0 Å². The molecule has 1 N–H and O–H groups in total. The highest BCUT2D eigenvalue weighted by Gasteiger charge is 2.27. The lowest BCUT2D eigenvalue weighted by Crippen LogP contribution is -2.35. The summed E-state index contributed by atoms with van der Waals surface area (Å²) in [4.78, 5) is 7.13. The molecular formula is C30H41ClN2O4. The Kier molecular flexibility index (Phi) is 9.32. The van der Waals surface area contributed by atoms with Gasteiger partial charge in [0, 0.05) is 42.7 Å². The third-order valence-corrected chi connectivity index (χ3v) is 6.58. The maximum absolute atomic E-state index is 11.0. The second kappa shape index (κ2) is 11.9. The van der Waals surface area contributed by atoms with E-state index in [9.17, 15) is 5.11 Å². The Balaban J connectivity index is 0.00000380. The SMILES string of the molecule is CC(C)(C)c1cc(-c2nc(CCOc3ccc(CN4CCOCC4)cc3)co2)cc(C(C)(C)C)c1O.Cl. The first-order valence-corrected chi connectivity index (χ1v) is 12.9. The fraction of sp³-hybridized carbons (Fsp3) is 0.500. The lowest BCUT2D eigenvalue weighted by molar-refractivity contribution is 0.0342. The molecule has 0 aliphatic carbocycles. The Hall–Kier alpha value is -2.54. The van der Waals surface area contributed by atoms with Gasteiger partial charge in [-0.25, -0.2) is 4.98 Å². The van der Waals surface area contributed by atoms with Crippen LogP contribution in [0.15, 0.2) is 47.1 Å². The number of morpholine rings is 1. The molecule has 37 heavy (non-hydrogen) atoms. The molecular weight excluding hydrogens is 488 g/mol. The van der Waals surface area contributed by atoms with Crippen LogP contribution in [0.1, 0.15) is 63.9 Å². The molecule has 6 nitrogen and oxygen atoms in total. The van der Waals surface area contributed by atoms with Crippen molar-refractivity contribution in [2.45, 2.75) is 65.3 Å². The Bertz CT molecular complexity index is 1120. The summed E-state index contributed by atoms with van der Waals surface area (Å²) in [5, 5.41) is 11.0. The van der Waals surface area contributed by atoms with Crippen molar-refractivity contribution in [2.75, 3.05) is 32.9 Å². The van der Waals surface area contributed by atoms with E-state index in [0.29, 0.717) is 24.7 Å². The summed E-state index contributed by atoms with van der Waals surface area (Å²) < 4.78 is 17.2. The van der Waals surface area contributed by atoms with Gasteiger partial charge in [-0.15, -0.1) is 12.4 Å². The number of ether oxygens (including phenoxy) is 2. The summed E-state index contributed by atoms with van der Waals surface area (Å²) >= 11 is 0. The number of phenols is 1. The molecule has 1 aromatic heterocycles. The van der Waals surface area contributed by atoms with E-state index in [1.807, 2.05) is 24.3 Å². The van der Waals surface area contributed by atoms with Crippen LogP contribution in [0.4, 0.5) is 0 Å². The fourth-order valence-electron chi connectivity index (χ4n) is 4.44. The molecule has 1 aliphatic heterocycles. The molecule has 0 unspecified atom stereocenters. The minimum Gasteiger partial charge on any atom is -0.507 e. The molecule has 0 atom stereocenters. The van der Waals surface area contributed by atoms with E-state index >= 15 is 0 Å². The van der Waals surface area contributed by atoms with Gasteiger partial charge in [0.1, 0.15) is 17.8 Å². The van der Waals surface area contributed by atoms with Crippen molar-refractivity contribution in [1.29, 1.82) is 0 Å². The van der Waals surface area contributed by atoms with Gasteiger partial charge in [-0.1, -0.05) is 53.7 Å². The predicted octanol–water partition coefficient (Wildman–Crippen LogP) is 6.52. The van der Waals surface area contributed by atoms with Crippen LogP contribution in [-0.2, 0) is 28.5 Å². The van der Waals surface area contributed by atoms with Gasteiger partial charge in [0.05, 0.1) is 25.5 Å². The maximum atomic E-state index is 11.0. The summed E-state index contributed by atoms with van der Waals surface area (Å²) in [6.45, 7) is 17.7. The van der Waals surface area contributed by atoms with E-state index in [2.05, 4.69) is 58.6 Å². The molecule has 202 valence electrons. The van der Waals surface area contributed by atoms with E-state index in [-0.39, 0.29) is 23.2 Å². The number of rotatable bonds is 7. The molecule has 0 bridgehead atoms. The van der Waals surface area contributed by atoms with Crippen LogP contribution in [0.5, 0.6) is 11.5 Å². The zero-order chi connectivity index (χ0) is 25.9. The van der Waals surface area contributed by atoms with Gasteiger partial charge in [0.15, 0.2) is 0 Å². The Morgan fingerprint density at radius 3 is 2.11 bits per heavy atom. The van der Waals surface area contributed by atoms with E-state index in [0.717, 1.165) is 61.0 Å². The summed E-state index contributed by atoms with van der Waals surface area (Å²) in [5.41, 5.74) is 4.38. The summed E-state index contributed by atoms with van der Waals surface area (Å²) in [7, 11) is 0.